The number of amides is 2. The Morgan fingerprint density at radius 3 is 2.52 bits per heavy atom. The summed E-state index contributed by atoms with van der Waals surface area (Å²) in [6, 6.07) is 3.73. The highest BCUT2D eigenvalue weighted by Crippen LogP contribution is 2.35. The van der Waals surface area contributed by atoms with Crippen LogP contribution in [-0.2, 0) is 11.2 Å². The highest BCUT2D eigenvalue weighted by Gasteiger charge is 2.25. The number of hydrogen-bond acceptors (Lipinski definition) is 5. The molecule has 2 rings (SSSR count). The van der Waals surface area contributed by atoms with Crippen molar-refractivity contribution in [3.8, 4) is 11.5 Å². The van der Waals surface area contributed by atoms with Gasteiger partial charge in [0.15, 0.2) is 11.5 Å². The molecule has 0 unspecified atom stereocenters. The summed E-state index contributed by atoms with van der Waals surface area (Å²) >= 11 is 0.891. The Bertz CT molecular complexity index is 667. The predicted octanol–water partition coefficient (Wildman–Crippen LogP) is 3.54. The molecule has 1 N–H and O–H groups in total. The molecule has 6 heteroatoms. The van der Waals surface area contributed by atoms with Crippen LogP contribution in [0.3, 0.4) is 0 Å². The van der Waals surface area contributed by atoms with Crippen LogP contribution in [0.2, 0.25) is 0 Å². The lowest BCUT2D eigenvalue weighted by Crippen LogP contribution is -2.17. The maximum Gasteiger partial charge on any atom is 0.290 e. The predicted molar refractivity (Wildman–Crippen MR) is 91.8 cm³/mol. The molecule has 1 aromatic carbocycles. The van der Waals surface area contributed by atoms with E-state index in [-0.39, 0.29) is 11.1 Å². The van der Waals surface area contributed by atoms with E-state index < -0.39 is 0 Å². The Hall–Kier alpha value is -2.21. The first-order chi connectivity index (χ1) is 11.1. The van der Waals surface area contributed by atoms with Crippen molar-refractivity contribution in [1.29, 1.82) is 0 Å². The lowest BCUT2D eigenvalue weighted by molar-refractivity contribution is -0.115. The SMILES string of the molecule is C=CCc1cc(/C=C2\SC(=O)NC2=O)cc(OCC)c1OCC. The molecule has 0 spiro atoms. The fourth-order valence-corrected chi connectivity index (χ4v) is 2.90. The largest absolute Gasteiger partial charge is 0.490 e. The van der Waals surface area contributed by atoms with Gasteiger partial charge in [0, 0.05) is 5.56 Å². The van der Waals surface area contributed by atoms with Crippen molar-refractivity contribution in [3.63, 3.8) is 0 Å². The smallest absolute Gasteiger partial charge is 0.290 e. The van der Waals surface area contributed by atoms with E-state index in [0.717, 1.165) is 22.9 Å². The van der Waals surface area contributed by atoms with Crippen molar-refractivity contribution in [2.24, 2.45) is 0 Å². The summed E-state index contributed by atoms with van der Waals surface area (Å²) in [6.45, 7) is 8.60. The minimum atomic E-state index is -0.378. The van der Waals surface area contributed by atoms with Crippen molar-refractivity contribution in [1.82, 2.24) is 5.32 Å². The summed E-state index contributed by atoms with van der Waals surface area (Å²) < 4.78 is 11.4. The van der Waals surface area contributed by atoms with Gasteiger partial charge in [-0.25, -0.2) is 0 Å². The molecule has 0 aromatic heterocycles. The van der Waals surface area contributed by atoms with Crippen molar-refractivity contribution in [2.75, 3.05) is 13.2 Å². The van der Waals surface area contributed by atoms with Crippen LogP contribution in [0.4, 0.5) is 4.79 Å². The van der Waals surface area contributed by atoms with Gasteiger partial charge >= 0.3 is 0 Å². The normalized spacial score (nSPS) is 15.7. The quantitative estimate of drug-likeness (QED) is 0.611. The molecule has 1 saturated heterocycles. The molecule has 1 aromatic rings. The zero-order valence-electron chi connectivity index (χ0n) is 13.2. The van der Waals surface area contributed by atoms with E-state index in [0.29, 0.717) is 36.0 Å². The minimum absolute atomic E-state index is 0.358. The number of carbonyl (C=O) groups excluding carboxylic acids is 2. The van der Waals surface area contributed by atoms with Crippen molar-refractivity contribution >= 4 is 29.0 Å². The third kappa shape index (κ3) is 4.16. The Kier molecular flexibility index (Phi) is 5.87. The fourth-order valence-electron chi connectivity index (χ4n) is 2.22. The number of allylic oxidation sites excluding steroid dienone is 1. The van der Waals surface area contributed by atoms with Gasteiger partial charge in [0.2, 0.25) is 0 Å². The van der Waals surface area contributed by atoms with Crippen LogP contribution < -0.4 is 14.8 Å². The van der Waals surface area contributed by atoms with E-state index in [1.54, 1.807) is 12.2 Å². The Morgan fingerprint density at radius 2 is 1.96 bits per heavy atom. The second kappa shape index (κ2) is 7.87. The van der Waals surface area contributed by atoms with Crippen molar-refractivity contribution in [2.45, 2.75) is 20.3 Å². The molecule has 0 atom stereocenters. The molecule has 0 saturated carbocycles. The van der Waals surface area contributed by atoms with Gasteiger partial charge in [0.1, 0.15) is 0 Å². The van der Waals surface area contributed by atoms with E-state index >= 15 is 0 Å². The highest BCUT2D eigenvalue weighted by molar-refractivity contribution is 8.18. The zero-order valence-corrected chi connectivity index (χ0v) is 14.0. The number of nitrogens with one attached hydrogen (secondary N) is 1. The Balaban J connectivity index is 2.47. The topological polar surface area (TPSA) is 64.6 Å². The standard InChI is InChI=1S/C17H19NO4S/c1-4-7-12-8-11(10-14-16(19)18-17(20)23-14)9-13(21-5-2)15(12)22-6-3/h4,8-10H,1,5-7H2,2-3H3,(H,18,19,20)/b14-10-. The van der Waals surface area contributed by atoms with Crippen LogP contribution in [0.15, 0.2) is 29.7 Å². The van der Waals surface area contributed by atoms with Gasteiger partial charge in [-0.1, -0.05) is 6.08 Å². The summed E-state index contributed by atoms with van der Waals surface area (Å²) in [7, 11) is 0. The molecule has 23 heavy (non-hydrogen) atoms. The first-order valence-corrected chi connectivity index (χ1v) is 8.18. The zero-order chi connectivity index (χ0) is 16.8. The van der Waals surface area contributed by atoms with E-state index in [2.05, 4.69) is 11.9 Å². The number of imide groups is 1. The van der Waals surface area contributed by atoms with Gasteiger partial charge in [-0.3, -0.25) is 14.9 Å². The molecule has 1 aliphatic heterocycles. The molecule has 122 valence electrons. The molecule has 0 bridgehead atoms. The van der Waals surface area contributed by atoms with Gasteiger partial charge < -0.3 is 9.47 Å². The average Bonchev–Trinajstić information content (AvgIpc) is 2.81. The number of hydrogen-bond donors (Lipinski definition) is 1. The average molecular weight is 333 g/mol. The molecular weight excluding hydrogens is 314 g/mol. The molecule has 0 aliphatic carbocycles. The third-order valence-electron chi connectivity index (χ3n) is 3.05. The highest BCUT2D eigenvalue weighted by atomic mass is 32.2. The molecular formula is C17H19NO4S. The number of thioether (sulfide) groups is 1. The van der Waals surface area contributed by atoms with E-state index in [4.69, 9.17) is 9.47 Å². The van der Waals surface area contributed by atoms with Crippen LogP contribution in [-0.4, -0.2) is 24.4 Å². The molecule has 1 fully saturated rings. The van der Waals surface area contributed by atoms with Crippen LogP contribution in [0, 0.1) is 0 Å². The molecule has 2 amide bonds. The van der Waals surface area contributed by atoms with Crippen LogP contribution in [0.1, 0.15) is 25.0 Å². The molecule has 5 nitrogen and oxygen atoms in total. The van der Waals surface area contributed by atoms with Gasteiger partial charge in [-0.15, -0.1) is 6.58 Å². The van der Waals surface area contributed by atoms with Crippen LogP contribution >= 0.6 is 11.8 Å². The van der Waals surface area contributed by atoms with Gasteiger partial charge in [-0.2, -0.15) is 0 Å². The molecule has 1 aliphatic rings. The van der Waals surface area contributed by atoms with Crippen LogP contribution in [0.25, 0.3) is 6.08 Å². The summed E-state index contributed by atoms with van der Waals surface area (Å²) in [5, 5.41) is 1.89. The number of benzene rings is 1. The van der Waals surface area contributed by atoms with E-state index in [1.165, 1.54) is 0 Å². The van der Waals surface area contributed by atoms with E-state index in [1.807, 2.05) is 26.0 Å². The Labute approximate surface area is 139 Å². The minimum Gasteiger partial charge on any atom is -0.490 e. The van der Waals surface area contributed by atoms with Crippen molar-refractivity contribution < 1.29 is 19.1 Å². The number of carbonyl (C=O) groups is 2. The third-order valence-corrected chi connectivity index (χ3v) is 3.86. The van der Waals surface area contributed by atoms with Crippen LogP contribution in [0.5, 0.6) is 11.5 Å². The van der Waals surface area contributed by atoms with E-state index in [9.17, 15) is 9.59 Å². The number of rotatable bonds is 7. The van der Waals surface area contributed by atoms with Gasteiger partial charge in [-0.05, 0) is 55.8 Å². The Morgan fingerprint density at radius 1 is 1.22 bits per heavy atom. The van der Waals surface area contributed by atoms with Gasteiger partial charge in [0.25, 0.3) is 11.1 Å². The second-order valence-electron chi connectivity index (χ2n) is 4.72. The van der Waals surface area contributed by atoms with Crippen molar-refractivity contribution in [3.05, 3.63) is 40.8 Å². The maximum atomic E-state index is 11.7. The second-order valence-corrected chi connectivity index (χ2v) is 5.73. The molecule has 1 heterocycles. The first kappa shape index (κ1) is 17.1. The first-order valence-electron chi connectivity index (χ1n) is 7.37. The number of ether oxygens (including phenoxy) is 2. The fraction of sp³-hybridized carbons (Fsp3) is 0.294. The maximum absolute atomic E-state index is 11.7. The lowest BCUT2D eigenvalue weighted by Gasteiger charge is -2.16. The lowest BCUT2D eigenvalue weighted by atomic mass is 10.0. The summed E-state index contributed by atoms with van der Waals surface area (Å²) in [4.78, 5) is 23.3. The summed E-state index contributed by atoms with van der Waals surface area (Å²) in [5.41, 5.74) is 1.70. The summed E-state index contributed by atoms with van der Waals surface area (Å²) in [5.74, 6) is 0.934. The molecule has 0 radical (unpaired) electrons. The summed E-state index contributed by atoms with van der Waals surface area (Å²) in [6.07, 6.45) is 4.07. The van der Waals surface area contributed by atoms with Gasteiger partial charge in [0.05, 0.1) is 18.1 Å². The monoisotopic (exact) mass is 333 g/mol.